The number of benzene rings is 1. The normalized spacial score (nSPS) is 12.0. The molecule has 2 rings (SSSR count). The highest BCUT2D eigenvalue weighted by Crippen LogP contribution is 2.35. The van der Waals surface area contributed by atoms with E-state index in [-0.39, 0.29) is 10.9 Å². The quantitative estimate of drug-likeness (QED) is 0.686. The molecule has 0 atom stereocenters. The molecule has 0 unspecified atom stereocenters. The number of halogens is 3. The second kappa shape index (κ2) is 3.37. The number of carbonyl (C=O) groups excluding carboxylic acids is 1. The van der Waals surface area contributed by atoms with Gasteiger partial charge in [0.1, 0.15) is 6.29 Å². The zero-order chi connectivity index (χ0) is 11.9. The first-order valence-electron chi connectivity index (χ1n) is 4.55. The van der Waals surface area contributed by atoms with Gasteiger partial charge < -0.3 is 4.57 Å². The van der Waals surface area contributed by atoms with Gasteiger partial charge in [-0.3, -0.25) is 4.79 Å². The summed E-state index contributed by atoms with van der Waals surface area (Å²) in [5, 5.41) is 0.0552. The fourth-order valence-corrected chi connectivity index (χ4v) is 1.71. The van der Waals surface area contributed by atoms with Crippen LogP contribution in [0.1, 0.15) is 15.9 Å². The van der Waals surface area contributed by atoms with Crippen molar-refractivity contribution in [3.05, 3.63) is 35.5 Å². The maximum atomic E-state index is 12.7. The van der Waals surface area contributed by atoms with Gasteiger partial charge in [0.15, 0.2) is 0 Å². The molecule has 0 N–H and O–H groups in total. The van der Waals surface area contributed by atoms with Crippen LogP contribution >= 0.6 is 0 Å². The molecule has 1 aromatic carbocycles. The Bertz CT molecular complexity index is 554. The van der Waals surface area contributed by atoms with E-state index in [2.05, 4.69) is 0 Å². The molecule has 5 heteroatoms. The molecule has 0 radical (unpaired) electrons. The van der Waals surface area contributed by atoms with Gasteiger partial charge in [-0.2, -0.15) is 13.2 Å². The first-order chi connectivity index (χ1) is 7.43. The van der Waals surface area contributed by atoms with E-state index in [1.54, 1.807) is 0 Å². The number of hydrogen-bond donors (Lipinski definition) is 0. The molecule has 0 aliphatic carbocycles. The Morgan fingerprint density at radius 3 is 2.56 bits per heavy atom. The van der Waals surface area contributed by atoms with Crippen molar-refractivity contribution in [2.45, 2.75) is 6.18 Å². The van der Waals surface area contributed by atoms with Crippen LogP contribution < -0.4 is 0 Å². The van der Waals surface area contributed by atoms with Crippen molar-refractivity contribution in [1.82, 2.24) is 4.57 Å². The topological polar surface area (TPSA) is 22.0 Å². The van der Waals surface area contributed by atoms with Crippen molar-refractivity contribution in [1.29, 1.82) is 0 Å². The van der Waals surface area contributed by atoms with Crippen LogP contribution in [-0.2, 0) is 13.2 Å². The molecule has 0 saturated heterocycles. The van der Waals surface area contributed by atoms with Crippen molar-refractivity contribution >= 4 is 17.2 Å². The number of fused-ring (bicyclic) bond motifs is 1. The minimum absolute atomic E-state index is 0.0552. The number of aryl methyl sites for hydroxylation is 1. The third-order valence-corrected chi connectivity index (χ3v) is 2.46. The second-order valence-electron chi connectivity index (χ2n) is 3.55. The van der Waals surface area contributed by atoms with Crippen molar-refractivity contribution in [2.24, 2.45) is 7.05 Å². The lowest BCUT2D eigenvalue weighted by molar-refractivity contribution is -0.136. The molecule has 2 aromatic rings. The van der Waals surface area contributed by atoms with Crippen LogP contribution in [0.4, 0.5) is 13.2 Å². The Morgan fingerprint density at radius 1 is 1.31 bits per heavy atom. The number of carbonyl (C=O) groups is 1. The van der Waals surface area contributed by atoms with Crippen LogP contribution in [-0.4, -0.2) is 10.9 Å². The Balaban J connectivity index is 2.80. The highest BCUT2D eigenvalue weighted by Gasteiger charge is 2.34. The van der Waals surface area contributed by atoms with Gasteiger partial charge in [0.25, 0.3) is 0 Å². The fourth-order valence-electron chi connectivity index (χ4n) is 1.71. The van der Waals surface area contributed by atoms with E-state index in [4.69, 9.17) is 0 Å². The summed E-state index contributed by atoms with van der Waals surface area (Å²) in [6.07, 6.45) is -2.84. The summed E-state index contributed by atoms with van der Waals surface area (Å²) in [5.41, 5.74) is -0.0178. The SMILES string of the molecule is Cn1cc(C(F)(F)F)c2cc(C=O)ccc21. The standard InChI is InChI=1S/C11H8F3NO/c1-15-5-9(11(12,13)14)8-4-7(6-16)2-3-10(8)15/h2-6H,1H3. The molecule has 0 fully saturated rings. The average molecular weight is 227 g/mol. The number of nitrogens with zero attached hydrogens (tertiary/aromatic N) is 1. The van der Waals surface area contributed by atoms with Gasteiger partial charge in [0.2, 0.25) is 0 Å². The molecule has 0 aliphatic rings. The van der Waals surface area contributed by atoms with E-state index in [1.165, 1.54) is 29.8 Å². The predicted octanol–water partition coefficient (Wildman–Crippen LogP) is 3.01. The van der Waals surface area contributed by atoms with Crippen molar-refractivity contribution in [3.63, 3.8) is 0 Å². The van der Waals surface area contributed by atoms with E-state index in [0.29, 0.717) is 11.8 Å². The van der Waals surface area contributed by atoms with Gasteiger partial charge in [-0.15, -0.1) is 0 Å². The fraction of sp³-hybridized carbons (Fsp3) is 0.182. The zero-order valence-electron chi connectivity index (χ0n) is 8.38. The van der Waals surface area contributed by atoms with Gasteiger partial charge in [0.05, 0.1) is 5.56 Å². The van der Waals surface area contributed by atoms with Crippen LogP contribution in [0.15, 0.2) is 24.4 Å². The Morgan fingerprint density at radius 2 is 2.00 bits per heavy atom. The average Bonchev–Trinajstić information content (AvgIpc) is 2.55. The van der Waals surface area contributed by atoms with Gasteiger partial charge in [-0.25, -0.2) is 0 Å². The number of hydrogen-bond acceptors (Lipinski definition) is 1. The minimum atomic E-state index is -4.40. The van der Waals surface area contributed by atoms with E-state index in [0.717, 1.165) is 6.20 Å². The summed E-state index contributed by atoms with van der Waals surface area (Å²) >= 11 is 0. The first-order valence-corrected chi connectivity index (χ1v) is 4.55. The van der Waals surface area contributed by atoms with Crippen molar-refractivity contribution in [2.75, 3.05) is 0 Å². The van der Waals surface area contributed by atoms with E-state index >= 15 is 0 Å². The Labute approximate surface area is 89.3 Å². The van der Waals surface area contributed by atoms with Crippen LogP contribution in [0.25, 0.3) is 10.9 Å². The lowest BCUT2D eigenvalue weighted by atomic mass is 10.1. The summed E-state index contributed by atoms with van der Waals surface area (Å²) in [7, 11) is 1.54. The van der Waals surface area contributed by atoms with Crippen LogP contribution in [0, 0.1) is 0 Å². The predicted molar refractivity (Wildman–Crippen MR) is 53.3 cm³/mol. The van der Waals surface area contributed by atoms with Gasteiger partial charge >= 0.3 is 6.18 Å². The molecule has 16 heavy (non-hydrogen) atoms. The molecule has 1 aromatic heterocycles. The van der Waals surface area contributed by atoms with Crippen LogP contribution in [0.5, 0.6) is 0 Å². The molecule has 2 nitrogen and oxygen atoms in total. The first kappa shape index (κ1) is 10.7. The monoisotopic (exact) mass is 227 g/mol. The summed E-state index contributed by atoms with van der Waals surface area (Å²) < 4.78 is 39.4. The summed E-state index contributed by atoms with van der Waals surface area (Å²) in [6.45, 7) is 0. The Hall–Kier alpha value is -1.78. The number of alkyl halides is 3. The van der Waals surface area contributed by atoms with Crippen LogP contribution in [0.3, 0.4) is 0 Å². The molecule has 0 amide bonds. The molecule has 1 heterocycles. The molecule has 84 valence electrons. The van der Waals surface area contributed by atoms with Crippen molar-refractivity contribution in [3.8, 4) is 0 Å². The molecular formula is C11H8F3NO. The van der Waals surface area contributed by atoms with Crippen LogP contribution in [0.2, 0.25) is 0 Å². The molecule has 0 aliphatic heterocycles. The maximum Gasteiger partial charge on any atom is 0.418 e. The number of aromatic nitrogens is 1. The smallest absolute Gasteiger partial charge is 0.350 e. The lowest BCUT2D eigenvalue weighted by Crippen LogP contribution is -2.03. The lowest BCUT2D eigenvalue weighted by Gasteiger charge is -2.03. The maximum absolute atomic E-state index is 12.7. The zero-order valence-corrected chi connectivity index (χ0v) is 8.38. The minimum Gasteiger partial charge on any atom is -0.350 e. The van der Waals surface area contributed by atoms with E-state index in [9.17, 15) is 18.0 Å². The van der Waals surface area contributed by atoms with Gasteiger partial charge in [0, 0.05) is 29.7 Å². The third-order valence-electron chi connectivity index (χ3n) is 2.46. The molecule has 0 saturated carbocycles. The highest BCUT2D eigenvalue weighted by molar-refractivity contribution is 5.90. The number of aldehydes is 1. The number of rotatable bonds is 1. The van der Waals surface area contributed by atoms with Gasteiger partial charge in [-0.05, 0) is 18.2 Å². The molecule has 0 spiro atoms. The Kier molecular flexibility index (Phi) is 2.26. The molecule has 0 bridgehead atoms. The van der Waals surface area contributed by atoms with E-state index in [1.807, 2.05) is 0 Å². The largest absolute Gasteiger partial charge is 0.418 e. The van der Waals surface area contributed by atoms with Crippen molar-refractivity contribution < 1.29 is 18.0 Å². The van der Waals surface area contributed by atoms with Gasteiger partial charge in [-0.1, -0.05) is 0 Å². The summed E-state index contributed by atoms with van der Waals surface area (Å²) in [6, 6.07) is 4.26. The summed E-state index contributed by atoms with van der Waals surface area (Å²) in [4.78, 5) is 10.5. The highest BCUT2D eigenvalue weighted by atomic mass is 19.4. The second-order valence-corrected chi connectivity index (χ2v) is 3.55. The molecular weight excluding hydrogens is 219 g/mol. The van der Waals surface area contributed by atoms with E-state index < -0.39 is 11.7 Å². The summed E-state index contributed by atoms with van der Waals surface area (Å²) in [5.74, 6) is 0. The third kappa shape index (κ3) is 1.58.